The molecule has 0 saturated heterocycles. The highest BCUT2D eigenvalue weighted by molar-refractivity contribution is 6.40. The highest BCUT2D eigenvalue weighted by atomic mass is 35.5. The van der Waals surface area contributed by atoms with Crippen LogP contribution in [0.15, 0.2) is 30.5 Å². The van der Waals surface area contributed by atoms with Crippen molar-refractivity contribution in [1.82, 2.24) is 14.6 Å². The Labute approximate surface area is 131 Å². The van der Waals surface area contributed by atoms with Crippen LogP contribution in [0.25, 0.3) is 16.8 Å². The Bertz CT molecular complexity index is 796. The molecule has 0 aliphatic rings. The molecule has 0 amide bonds. The number of benzene rings is 1. The van der Waals surface area contributed by atoms with Crippen molar-refractivity contribution in [2.75, 3.05) is 0 Å². The number of rotatable bonds is 2. The SMILES string of the molecule is CCc1cnn2c(Cl)c(-c3ccccc3Cl)c(Cl)nc12. The predicted molar refractivity (Wildman–Crippen MR) is 82.8 cm³/mol. The van der Waals surface area contributed by atoms with Gasteiger partial charge in [0.25, 0.3) is 0 Å². The summed E-state index contributed by atoms with van der Waals surface area (Å²) in [7, 11) is 0. The fourth-order valence-electron chi connectivity index (χ4n) is 2.11. The summed E-state index contributed by atoms with van der Waals surface area (Å²) < 4.78 is 1.59. The van der Waals surface area contributed by atoms with Gasteiger partial charge in [0.1, 0.15) is 10.3 Å². The van der Waals surface area contributed by atoms with Crippen LogP contribution in [0.2, 0.25) is 15.3 Å². The van der Waals surface area contributed by atoms with E-state index in [1.807, 2.05) is 25.1 Å². The third-order valence-electron chi connectivity index (χ3n) is 3.14. The van der Waals surface area contributed by atoms with E-state index in [0.717, 1.165) is 17.5 Å². The number of aryl methyl sites for hydroxylation is 1. The van der Waals surface area contributed by atoms with E-state index in [1.165, 1.54) is 0 Å². The fraction of sp³-hybridized carbons (Fsp3) is 0.143. The Hall–Kier alpha value is -1.29. The average molecular weight is 327 g/mol. The maximum atomic E-state index is 6.44. The zero-order valence-electron chi connectivity index (χ0n) is 10.6. The summed E-state index contributed by atoms with van der Waals surface area (Å²) in [5.41, 5.74) is 3.02. The molecule has 0 aliphatic carbocycles. The first-order chi connectivity index (χ1) is 9.63. The van der Waals surface area contributed by atoms with Gasteiger partial charge in [0, 0.05) is 16.1 Å². The molecule has 0 N–H and O–H groups in total. The maximum absolute atomic E-state index is 6.44. The molecule has 3 rings (SSSR count). The van der Waals surface area contributed by atoms with Crippen molar-refractivity contribution in [3.63, 3.8) is 0 Å². The molecule has 3 aromatic rings. The molecule has 0 spiro atoms. The molecule has 6 heteroatoms. The number of nitrogens with zero attached hydrogens (tertiary/aromatic N) is 3. The summed E-state index contributed by atoms with van der Waals surface area (Å²) in [6, 6.07) is 7.36. The first kappa shape index (κ1) is 13.7. The van der Waals surface area contributed by atoms with Crippen molar-refractivity contribution < 1.29 is 0 Å². The lowest BCUT2D eigenvalue weighted by molar-refractivity contribution is 0.942. The van der Waals surface area contributed by atoms with Crippen LogP contribution in [0.1, 0.15) is 12.5 Å². The number of fused-ring (bicyclic) bond motifs is 1. The van der Waals surface area contributed by atoms with Crippen LogP contribution in [0, 0.1) is 0 Å². The van der Waals surface area contributed by atoms with E-state index in [2.05, 4.69) is 10.1 Å². The maximum Gasteiger partial charge on any atom is 0.161 e. The van der Waals surface area contributed by atoms with Crippen molar-refractivity contribution >= 4 is 40.4 Å². The highest BCUT2D eigenvalue weighted by Crippen LogP contribution is 2.38. The molecule has 0 fully saturated rings. The Balaban J connectivity index is 2.35. The van der Waals surface area contributed by atoms with E-state index >= 15 is 0 Å². The minimum absolute atomic E-state index is 0.325. The topological polar surface area (TPSA) is 30.2 Å². The van der Waals surface area contributed by atoms with Gasteiger partial charge in [-0.15, -0.1) is 0 Å². The molecular weight excluding hydrogens is 317 g/mol. The molecule has 2 heterocycles. The molecule has 0 atom stereocenters. The third-order valence-corrected chi connectivity index (χ3v) is 4.10. The second-order valence-corrected chi connectivity index (χ2v) is 5.43. The standard InChI is InChI=1S/C14H10Cl3N3/c1-2-8-7-18-20-13(17)11(12(16)19-14(8)20)9-5-3-4-6-10(9)15/h3-7H,2H2,1H3. The van der Waals surface area contributed by atoms with Crippen LogP contribution in [-0.4, -0.2) is 14.6 Å². The van der Waals surface area contributed by atoms with Crippen molar-refractivity contribution in [3.05, 3.63) is 51.4 Å². The molecule has 1 aromatic carbocycles. The van der Waals surface area contributed by atoms with Crippen LogP contribution in [0.3, 0.4) is 0 Å². The van der Waals surface area contributed by atoms with Gasteiger partial charge in [-0.2, -0.15) is 5.10 Å². The molecule has 0 aliphatic heterocycles. The van der Waals surface area contributed by atoms with E-state index < -0.39 is 0 Å². The van der Waals surface area contributed by atoms with Gasteiger partial charge >= 0.3 is 0 Å². The monoisotopic (exact) mass is 325 g/mol. The van der Waals surface area contributed by atoms with E-state index in [1.54, 1.807) is 16.8 Å². The first-order valence-corrected chi connectivity index (χ1v) is 7.23. The van der Waals surface area contributed by atoms with Gasteiger partial charge in [-0.25, -0.2) is 9.50 Å². The lowest BCUT2D eigenvalue weighted by Gasteiger charge is -2.10. The van der Waals surface area contributed by atoms with Crippen molar-refractivity contribution in [2.24, 2.45) is 0 Å². The van der Waals surface area contributed by atoms with E-state index in [-0.39, 0.29) is 0 Å². The zero-order valence-corrected chi connectivity index (χ0v) is 12.8. The zero-order chi connectivity index (χ0) is 14.3. The molecule has 102 valence electrons. The van der Waals surface area contributed by atoms with Gasteiger partial charge in [-0.1, -0.05) is 59.9 Å². The molecular formula is C14H10Cl3N3. The first-order valence-electron chi connectivity index (χ1n) is 6.10. The highest BCUT2D eigenvalue weighted by Gasteiger charge is 2.18. The molecule has 2 aromatic heterocycles. The largest absolute Gasteiger partial charge is 0.216 e. The molecule has 0 bridgehead atoms. The molecule has 3 nitrogen and oxygen atoms in total. The fourth-order valence-corrected chi connectivity index (χ4v) is 2.98. The number of hydrogen-bond donors (Lipinski definition) is 0. The van der Waals surface area contributed by atoms with Gasteiger partial charge in [0.15, 0.2) is 5.65 Å². The van der Waals surface area contributed by atoms with Crippen LogP contribution in [0.4, 0.5) is 0 Å². The summed E-state index contributed by atoms with van der Waals surface area (Å²) in [6.45, 7) is 2.03. The van der Waals surface area contributed by atoms with Gasteiger partial charge in [0.2, 0.25) is 0 Å². The predicted octanol–water partition coefficient (Wildman–Crippen LogP) is 4.92. The summed E-state index contributed by atoms with van der Waals surface area (Å²) >= 11 is 19.0. The van der Waals surface area contributed by atoms with Gasteiger partial charge in [0.05, 0.1) is 11.8 Å². The van der Waals surface area contributed by atoms with Crippen LogP contribution in [0.5, 0.6) is 0 Å². The second kappa shape index (κ2) is 5.24. The second-order valence-electron chi connectivity index (χ2n) is 4.31. The summed E-state index contributed by atoms with van der Waals surface area (Å²) in [5, 5.41) is 5.57. The minimum Gasteiger partial charge on any atom is -0.216 e. The smallest absolute Gasteiger partial charge is 0.161 e. The van der Waals surface area contributed by atoms with E-state index in [0.29, 0.717) is 26.5 Å². The normalized spacial score (nSPS) is 11.2. The Morgan fingerprint density at radius 2 is 1.90 bits per heavy atom. The van der Waals surface area contributed by atoms with E-state index in [9.17, 15) is 0 Å². The van der Waals surface area contributed by atoms with Gasteiger partial charge in [-0.3, -0.25) is 0 Å². The van der Waals surface area contributed by atoms with Crippen molar-refractivity contribution in [1.29, 1.82) is 0 Å². The van der Waals surface area contributed by atoms with Crippen LogP contribution in [-0.2, 0) is 6.42 Å². The Kier molecular flexibility index (Phi) is 3.59. The van der Waals surface area contributed by atoms with Crippen LogP contribution >= 0.6 is 34.8 Å². The lowest BCUT2D eigenvalue weighted by Crippen LogP contribution is -1.98. The molecule has 0 saturated carbocycles. The number of aromatic nitrogens is 3. The lowest BCUT2D eigenvalue weighted by atomic mass is 10.1. The third kappa shape index (κ3) is 2.06. The average Bonchev–Trinajstić information content (AvgIpc) is 2.84. The summed E-state index contributed by atoms with van der Waals surface area (Å²) in [5.74, 6) is 0. The van der Waals surface area contributed by atoms with Gasteiger partial charge < -0.3 is 0 Å². The number of halogens is 3. The quantitative estimate of drug-likeness (QED) is 0.626. The van der Waals surface area contributed by atoms with E-state index in [4.69, 9.17) is 34.8 Å². The molecule has 0 radical (unpaired) electrons. The summed E-state index contributed by atoms with van der Waals surface area (Å²) in [6.07, 6.45) is 2.57. The molecule has 20 heavy (non-hydrogen) atoms. The van der Waals surface area contributed by atoms with Crippen molar-refractivity contribution in [2.45, 2.75) is 13.3 Å². The van der Waals surface area contributed by atoms with Crippen molar-refractivity contribution in [3.8, 4) is 11.1 Å². The van der Waals surface area contributed by atoms with Gasteiger partial charge in [-0.05, 0) is 12.5 Å². The Morgan fingerprint density at radius 1 is 1.15 bits per heavy atom. The van der Waals surface area contributed by atoms with Crippen LogP contribution < -0.4 is 0 Å². The minimum atomic E-state index is 0.325. The Morgan fingerprint density at radius 3 is 2.60 bits per heavy atom. The molecule has 0 unspecified atom stereocenters. The summed E-state index contributed by atoms with van der Waals surface area (Å²) in [4.78, 5) is 4.41. The number of hydrogen-bond acceptors (Lipinski definition) is 2.